The molecule has 45 heavy (non-hydrogen) atoms. The first-order valence-electron chi connectivity index (χ1n) is 14.4. The third-order valence-electron chi connectivity index (χ3n) is 7.75. The normalized spacial score (nSPS) is 20.3. The molecule has 1 aliphatic rings. The summed E-state index contributed by atoms with van der Waals surface area (Å²) in [5.41, 5.74) is 3.88. The van der Waals surface area contributed by atoms with Gasteiger partial charge in [0.25, 0.3) is 0 Å². The van der Waals surface area contributed by atoms with Crippen LogP contribution in [0.15, 0.2) is 85.2 Å². The van der Waals surface area contributed by atoms with Crippen molar-refractivity contribution in [3.8, 4) is 0 Å². The third kappa shape index (κ3) is 8.02. The van der Waals surface area contributed by atoms with E-state index in [2.05, 4.69) is 15.6 Å². The van der Waals surface area contributed by atoms with Crippen LogP contribution in [0.1, 0.15) is 41.6 Å². The van der Waals surface area contributed by atoms with Crippen molar-refractivity contribution >= 4 is 40.9 Å². The van der Waals surface area contributed by atoms with Crippen LogP contribution in [-0.2, 0) is 38.6 Å². The molecule has 0 saturated carbocycles. The minimum atomic E-state index is -0.859. The number of hydrogen-bond acceptors (Lipinski definition) is 7. The number of halogens is 2. The molecule has 3 N–H and O–H groups in total. The molecule has 1 saturated heterocycles. The highest BCUT2D eigenvalue weighted by Crippen LogP contribution is 2.42. The minimum Gasteiger partial charge on any atom is -0.467 e. The standard InChI is InChI=1S/C33H34Cl2N4O6/c1-20-27(17-39-19-36-29(34)30(39)35)44-32(45-28(20)23-10-8-22(18-40)9-11-23)24-12-14-25(15-13-24)37-33(42)38-26(31(41)43-2)16-21-6-4-3-5-7-21/h3-15,19-20,26-28,32,40H,16-18H2,1-2H3,(H2,37,38,42)/t20-,26+,27+,28+,32+/m1/s1. The first-order chi connectivity index (χ1) is 21.7. The van der Waals surface area contributed by atoms with Gasteiger partial charge in [-0.2, -0.15) is 0 Å². The molecule has 4 aromatic rings. The van der Waals surface area contributed by atoms with E-state index in [1.54, 1.807) is 23.0 Å². The zero-order valence-electron chi connectivity index (χ0n) is 24.7. The lowest BCUT2D eigenvalue weighted by Gasteiger charge is -2.41. The van der Waals surface area contributed by atoms with Crippen molar-refractivity contribution in [2.75, 3.05) is 12.4 Å². The molecule has 3 aromatic carbocycles. The van der Waals surface area contributed by atoms with Gasteiger partial charge < -0.3 is 34.5 Å². The number of urea groups is 1. The van der Waals surface area contributed by atoms with Gasteiger partial charge in [-0.15, -0.1) is 0 Å². The fourth-order valence-corrected chi connectivity index (χ4v) is 5.54. The second-order valence-electron chi connectivity index (χ2n) is 10.8. The van der Waals surface area contributed by atoms with Crippen LogP contribution in [0.25, 0.3) is 0 Å². The maximum atomic E-state index is 12.8. The summed E-state index contributed by atoms with van der Waals surface area (Å²) < 4.78 is 19.6. The fraction of sp³-hybridized carbons (Fsp3) is 0.303. The average Bonchev–Trinajstić information content (AvgIpc) is 3.38. The van der Waals surface area contributed by atoms with E-state index in [0.717, 1.165) is 22.3 Å². The van der Waals surface area contributed by atoms with Gasteiger partial charge in [-0.25, -0.2) is 14.6 Å². The van der Waals surface area contributed by atoms with E-state index in [1.165, 1.54) is 7.11 Å². The van der Waals surface area contributed by atoms with Gasteiger partial charge in [0.1, 0.15) is 11.2 Å². The van der Waals surface area contributed by atoms with E-state index in [4.69, 9.17) is 37.4 Å². The van der Waals surface area contributed by atoms with E-state index in [9.17, 15) is 14.7 Å². The summed E-state index contributed by atoms with van der Waals surface area (Å²) in [5.74, 6) is -0.624. The monoisotopic (exact) mass is 652 g/mol. The average molecular weight is 654 g/mol. The highest BCUT2D eigenvalue weighted by Gasteiger charge is 2.39. The van der Waals surface area contributed by atoms with Gasteiger partial charge in [0.2, 0.25) is 0 Å². The maximum absolute atomic E-state index is 12.8. The Bertz CT molecular complexity index is 1580. The number of nitrogens with zero attached hydrogens (tertiary/aromatic N) is 2. The quantitative estimate of drug-likeness (QED) is 0.177. The number of anilines is 1. The van der Waals surface area contributed by atoms with Gasteiger partial charge >= 0.3 is 12.0 Å². The molecule has 0 radical (unpaired) electrons. The number of aromatic nitrogens is 2. The fourth-order valence-electron chi connectivity index (χ4n) is 5.23. The summed E-state index contributed by atoms with van der Waals surface area (Å²) in [6.45, 7) is 2.39. The molecule has 236 valence electrons. The molecule has 10 nitrogen and oxygen atoms in total. The van der Waals surface area contributed by atoms with Crippen LogP contribution in [0.3, 0.4) is 0 Å². The Kier molecular flexibility index (Phi) is 10.7. The molecule has 1 fully saturated rings. The number of esters is 1. The van der Waals surface area contributed by atoms with Crippen molar-refractivity contribution in [2.45, 2.75) is 51.0 Å². The zero-order chi connectivity index (χ0) is 31.9. The van der Waals surface area contributed by atoms with E-state index >= 15 is 0 Å². The van der Waals surface area contributed by atoms with Gasteiger partial charge in [-0.3, -0.25) is 0 Å². The molecule has 2 heterocycles. The van der Waals surface area contributed by atoms with Gasteiger partial charge in [0.15, 0.2) is 11.4 Å². The van der Waals surface area contributed by atoms with Crippen LogP contribution in [0, 0.1) is 5.92 Å². The Morgan fingerprint density at radius 3 is 2.29 bits per heavy atom. The first-order valence-corrected chi connectivity index (χ1v) is 15.2. The van der Waals surface area contributed by atoms with Gasteiger partial charge in [-0.1, -0.05) is 96.9 Å². The molecule has 0 spiro atoms. The molecule has 0 aliphatic carbocycles. The van der Waals surface area contributed by atoms with Crippen molar-refractivity contribution < 1.29 is 28.9 Å². The number of methoxy groups -OCH3 is 1. The van der Waals surface area contributed by atoms with Crippen molar-refractivity contribution in [3.63, 3.8) is 0 Å². The van der Waals surface area contributed by atoms with Crippen molar-refractivity contribution in [2.24, 2.45) is 5.92 Å². The highest BCUT2D eigenvalue weighted by atomic mass is 35.5. The summed E-state index contributed by atoms with van der Waals surface area (Å²) >= 11 is 12.5. The smallest absolute Gasteiger partial charge is 0.328 e. The number of aliphatic hydroxyl groups is 1. The van der Waals surface area contributed by atoms with Crippen LogP contribution in [0.5, 0.6) is 0 Å². The van der Waals surface area contributed by atoms with E-state index in [1.807, 2.05) is 73.7 Å². The number of rotatable bonds is 10. The summed E-state index contributed by atoms with van der Waals surface area (Å²) in [6.07, 6.45) is 0.479. The second-order valence-corrected chi connectivity index (χ2v) is 11.5. The van der Waals surface area contributed by atoms with Crippen LogP contribution in [-0.4, -0.2) is 45.9 Å². The maximum Gasteiger partial charge on any atom is 0.328 e. The van der Waals surface area contributed by atoms with Crippen LogP contribution >= 0.6 is 23.2 Å². The highest BCUT2D eigenvalue weighted by molar-refractivity contribution is 6.40. The Balaban J connectivity index is 1.30. The van der Waals surface area contributed by atoms with Crippen LogP contribution in [0.4, 0.5) is 10.5 Å². The van der Waals surface area contributed by atoms with Crippen molar-refractivity contribution in [3.05, 3.63) is 118 Å². The second kappa shape index (κ2) is 14.9. The summed E-state index contributed by atoms with van der Waals surface area (Å²) in [5, 5.41) is 15.5. The summed E-state index contributed by atoms with van der Waals surface area (Å²) in [7, 11) is 1.28. The Morgan fingerprint density at radius 1 is 0.978 bits per heavy atom. The topological polar surface area (TPSA) is 124 Å². The molecule has 0 bridgehead atoms. The number of carbonyl (C=O) groups excluding carboxylic acids is 2. The molecule has 5 atom stereocenters. The zero-order valence-corrected chi connectivity index (χ0v) is 26.2. The number of benzene rings is 3. The molecular weight excluding hydrogens is 619 g/mol. The summed E-state index contributed by atoms with van der Waals surface area (Å²) in [6, 6.07) is 22.7. The predicted octanol–water partition coefficient (Wildman–Crippen LogP) is 6.08. The van der Waals surface area contributed by atoms with Crippen LogP contribution < -0.4 is 10.6 Å². The molecular formula is C33H34Cl2N4O6. The molecule has 0 unspecified atom stereocenters. The lowest BCUT2D eigenvalue weighted by molar-refractivity contribution is -0.276. The summed E-state index contributed by atoms with van der Waals surface area (Å²) in [4.78, 5) is 29.3. The largest absolute Gasteiger partial charge is 0.467 e. The van der Waals surface area contributed by atoms with E-state index < -0.39 is 24.3 Å². The molecule has 1 aliphatic heterocycles. The number of hydrogen-bond donors (Lipinski definition) is 3. The van der Waals surface area contributed by atoms with Crippen LogP contribution in [0.2, 0.25) is 10.3 Å². The Morgan fingerprint density at radius 2 is 1.67 bits per heavy atom. The molecule has 5 rings (SSSR count). The lowest BCUT2D eigenvalue weighted by Crippen LogP contribution is -2.45. The SMILES string of the molecule is COC(=O)[C@H](Cc1ccccc1)NC(=O)Nc1ccc([C@H]2O[C@@H](Cn3cnc(Cl)c3Cl)[C@@H](C)[C@@H](c3ccc(CO)cc3)O2)cc1. The Hall–Kier alpha value is -3.93. The number of aliphatic hydroxyl groups excluding tert-OH is 1. The first kappa shape index (κ1) is 32.5. The predicted molar refractivity (Wildman–Crippen MR) is 170 cm³/mol. The number of nitrogens with one attached hydrogen (secondary N) is 2. The van der Waals surface area contributed by atoms with Crippen molar-refractivity contribution in [1.82, 2.24) is 14.9 Å². The van der Waals surface area contributed by atoms with E-state index in [0.29, 0.717) is 17.4 Å². The van der Waals surface area contributed by atoms with E-state index in [-0.39, 0.29) is 36.3 Å². The number of amides is 2. The molecule has 12 heteroatoms. The van der Waals surface area contributed by atoms with Crippen molar-refractivity contribution in [1.29, 1.82) is 0 Å². The number of imidazole rings is 1. The number of ether oxygens (including phenoxy) is 3. The minimum absolute atomic E-state index is 0.0512. The molecule has 1 aromatic heterocycles. The van der Waals surface area contributed by atoms with Gasteiger partial charge in [-0.05, 0) is 28.8 Å². The lowest BCUT2D eigenvalue weighted by atomic mass is 9.90. The Labute approximate surface area is 271 Å². The molecule has 2 amide bonds. The number of carbonyl (C=O) groups is 2. The van der Waals surface area contributed by atoms with Gasteiger partial charge in [0.05, 0.1) is 38.8 Å². The third-order valence-corrected chi connectivity index (χ3v) is 8.52. The van der Waals surface area contributed by atoms with Gasteiger partial charge in [0, 0.05) is 23.6 Å².